The molecule has 0 heterocycles. The van der Waals surface area contributed by atoms with Crippen molar-refractivity contribution in [3.63, 3.8) is 0 Å². The fourth-order valence-electron chi connectivity index (χ4n) is 0.887. The minimum atomic E-state index is -0.263. The summed E-state index contributed by atoms with van der Waals surface area (Å²) in [7, 11) is 0. The van der Waals surface area contributed by atoms with Gasteiger partial charge in [0.2, 0.25) is 5.91 Å². The van der Waals surface area contributed by atoms with Gasteiger partial charge in [-0.25, -0.2) is 0 Å². The van der Waals surface area contributed by atoms with E-state index < -0.39 is 0 Å². The second-order valence-corrected chi connectivity index (χ2v) is 2.91. The number of nitrogens with one attached hydrogen (secondary N) is 2. The van der Waals surface area contributed by atoms with Crippen LogP contribution < -0.4 is 16.4 Å². The highest BCUT2D eigenvalue weighted by molar-refractivity contribution is 5.81. The Morgan fingerprint density at radius 2 is 2.29 bits per heavy atom. The summed E-state index contributed by atoms with van der Waals surface area (Å²) >= 11 is 0. The van der Waals surface area contributed by atoms with E-state index in [9.17, 15) is 4.79 Å². The van der Waals surface area contributed by atoms with Crippen LogP contribution >= 0.6 is 0 Å². The van der Waals surface area contributed by atoms with Gasteiger partial charge >= 0.3 is 0 Å². The molecule has 0 fully saturated rings. The molecule has 0 aromatic heterocycles. The Balaban J connectivity index is 3.63. The SMILES string of the molecule is CCNC(=O)C(C)NCCC(N)=NO. The Kier molecular flexibility index (Phi) is 6.47. The maximum atomic E-state index is 11.2. The predicted molar refractivity (Wildman–Crippen MR) is 54.2 cm³/mol. The second-order valence-electron chi connectivity index (χ2n) is 2.91. The van der Waals surface area contributed by atoms with Gasteiger partial charge in [0, 0.05) is 19.5 Å². The minimum absolute atomic E-state index is 0.0491. The van der Waals surface area contributed by atoms with Gasteiger partial charge in [-0.05, 0) is 13.8 Å². The molecule has 0 aromatic rings. The molecule has 0 saturated carbocycles. The van der Waals surface area contributed by atoms with Gasteiger partial charge in [0.25, 0.3) is 0 Å². The Hall–Kier alpha value is -1.30. The number of amidine groups is 1. The van der Waals surface area contributed by atoms with Crippen molar-refractivity contribution in [1.29, 1.82) is 0 Å². The Bertz CT molecular complexity index is 206. The smallest absolute Gasteiger partial charge is 0.236 e. The molecule has 0 spiro atoms. The summed E-state index contributed by atoms with van der Waals surface area (Å²) in [6.45, 7) is 4.75. The van der Waals surface area contributed by atoms with Gasteiger partial charge in [-0.3, -0.25) is 4.79 Å². The van der Waals surface area contributed by atoms with Gasteiger partial charge in [-0.15, -0.1) is 0 Å². The van der Waals surface area contributed by atoms with Crippen molar-refractivity contribution in [2.24, 2.45) is 10.9 Å². The molecule has 82 valence electrons. The summed E-state index contributed by atoms with van der Waals surface area (Å²) in [5.41, 5.74) is 5.25. The highest BCUT2D eigenvalue weighted by atomic mass is 16.4. The maximum absolute atomic E-state index is 11.2. The summed E-state index contributed by atoms with van der Waals surface area (Å²) in [5, 5.41) is 16.7. The van der Waals surface area contributed by atoms with E-state index in [0.717, 1.165) is 0 Å². The molecule has 6 nitrogen and oxygen atoms in total. The van der Waals surface area contributed by atoms with Gasteiger partial charge in [0.15, 0.2) is 0 Å². The Morgan fingerprint density at radius 1 is 1.64 bits per heavy atom. The number of nitrogens with two attached hydrogens (primary N) is 1. The van der Waals surface area contributed by atoms with Gasteiger partial charge in [0.1, 0.15) is 5.84 Å². The molecule has 1 atom stereocenters. The lowest BCUT2D eigenvalue weighted by Crippen LogP contribution is -2.43. The first kappa shape index (κ1) is 12.7. The molecule has 1 unspecified atom stereocenters. The Morgan fingerprint density at radius 3 is 2.79 bits per heavy atom. The third kappa shape index (κ3) is 5.36. The largest absolute Gasteiger partial charge is 0.409 e. The van der Waals surface area contributed by atoms with Crippen LogP contribution in [0.2, 0.25) is 0 Å². The van der Waals surface area contributed by atoms with Crippen LogP contribution in [0, 0.1) is 0 Å². The fraction of sp³-hybridized carbons (Fsp3) is 0.750. The minimum Gasteiger partial charge on any atom is -0.409 e. The van der Waals surface area contributed by atoms with Crippen molar-refractivity contribution < 1.29 is 10.0 Å². The monoisotopic (exact) mass is 202 g/mol. The van der Waals surface area contributed by atoms with Crippen LogP contribution in [0.25, 0.3) is 0 Å². The van der Waals surface area contributed by atoms with Crippen molar-refractivity contribution in [2.75, 3.05) is 13.1 Å². The van der Waals surface area contributed by atoms with Crippen LogP contribution in [0.5, 0.6) is 0 Å². The number of rotatable bonds is 6. The van der Waals surface area contributed by atoms with E-state index in [1.54, 1.807) is 6.92 Å². The summed E-state index contributed by atoms with van der Waals surface area (Å²) in [5.74, 6) is 0.104. The molecular weight excluding hydrogens is 184 g/mol. The number of nitrogens with zero attached hydrogens (tertiary/aromatic N) is 1. The normalized spacial score (nSPS) is 13.7. The van der Waals surface area contributed by atoms with E-state index in [0.29, 0.717) is 19.5 Å². The van der Waals surface area contributed by atoms with Crippen LogP contribution in [0.15, 0.2) is 5.16 Å². The van der Waals surface area contributed by atoms with Gasteiger partial charge in [-0.1, -0.05) is 5.16 Å². The average molecular weight is 202 g/mol. The zero-order chi connectivity index (χ0) is 11.0. The van der Waals surface area contributed by atoms with Gasteiger partial charge in [0.05, 0.1) is 6.04 Å². The quantitative estimate of drug-likeness (QED) is 0.197. The number of oxime groups is 1. The van der Waals surface area contributed by atoms with E-state index in [2.05, 4.69) is 15.8 Å². The molecule has 5 N–H and O–H groups in total. The first-order valence-corrected chi connectivity index (χ1v) is 4.59. The fourth-order valence-corrected chi connectivity index (χ4v) is 0.887. The summed E-state index contributed by atoms with van der Waals surface area (Å²) in [6, 6.07) is -0.263. The van der Waals surface area contributed by atoms with Crippen LogP contribution in [0.4, 0.5) is 0 Å². The molecule has 14 heavy (non-hydrogen) atoms. The average Bonchev–Trinajstić information content (AvgIpc) is 2.17. The lowest BCUT2D eigenvalue weighted by atomic mass is 10.3. The molecule has 1 amide bonds. The van der Waals surface area contributed by atoms with E-state index in [-0.39, 0.29) is 17.8 Å². The van der Waals surface area contributed by atoms with Crippen LogP contribution in [0.1, 0.15) is 20.3 Å². The molecule has 0 radical (unpaired) electrons. The molecule has 0 aromatic carbocycles. The lowest BCUT2D eigenvalue weighted by molar-refractivity contribution is -0.122. The molecule has 0 bridgehead atoms. The number of carbonyl (C=O) groups is 1. The number of likely N-dealkylation sites (N-methyl/N-ethyl adjacent to an activating group) is 1. The molecule has 0 rings (SSSR count). The van der Waals surface area contributed by atoms with E-state index in [4.69, 9.17) is 10.9 Å². The summed E-state index contributed by atoms with van der Waals surface area (Å²) < 4.78 is 0. The molecular formula is C8H18N4O2. The maximum Gasteiger partial charge on any atom is 0.236 e. The zero-order valence-electron chi connectivity index (χ0n) is 8.58. The third-order valence-corrected chi connectivity index (χ3v) is 1.70. The van der Waals surface area contributed by atoms with Crippen molar-refractivity contribution >= 4 is 11.7 Å². The number of hydrogen-bond acceptors (Lipinski definition) is 4. The zero-order valence-corrected chi connectivity index (χ0v) is 8.58. The van der Waals surface area contributed by atoms with Gasteiger partial charge < -0.3 is 21.6 Å². The Labute approximate surface area is 83.5 Å². The number of carbonyl (C=O) groups excluding carboxylic acids is 1. The van der Waals surface area contributed by atoms with Crippen molar-refractivity contribution in [3.05, 3.63) is 0 Å². The van der Waals surface area contributed by atoms with Gasteiger partial charge in [-0.2, -0.15) is 0 Å². The van der Waals surface area contributed by atoms with Crippen LogP contribution in [-0.4, -0.2) is 36.1 Å². The lowest BCUT2D eigenvalue weighted by Gasteiger charge is -2.12. The molecule has 0 aliphatic heterocycles. The molecule has 0 aliphatic rings. The topological polar surface area (TPSA) is 99.7 Å². The first-order chi connectivity index (χ1) is 6.61. The first-order valence-electron chi connectivity index (χ1n) is 4.59. The molecule has 0 saturated heterocycles. The second kappa shape index (κ2) is 7.14. The highest BCUT2D eigenvalue weighted by Gasteiger charge is 2.09. The molecule has 0 aliphatic carbocycles. The number of hydrogen-bond donors (Lipinski definition) is 4. The van der Waals surface area contributed by atoms with E-state index in [1.165, 1.54) is 0 Å². The summed E-state index contributed by atoms with van der Waals surface area (Å²) in [4.78, 5) is 11.2. The van der Waals surface area contributed by atoms with E-state index >= 15 is 0 Å². The van der Waals surface area contributed by atoms with E-state index in [1.807, 2.05) is 6.92 Å². The standard InChI is InChI=1S/C8H18N4O2/c1-3-10-8(13)6(2)11-5-4-7(9)12-14/h6,11,14H,3-5H2,1-2H3,(H2,9,12)(H,10,13). The summed E-state index contributed by atoms with van der Waals surface area (Å²) in [6.07, 6.45) is 0.417. The van der Waals surface area contributed by atoms with Crippen molar-refractivity contribution in [2.45, 2.75) is 26.3 Å². The van der Waals surface area contributed by atoms with Crippen LogP contribution in [-0.2, 0) is 4.79 Å². The molecule has 6 heteroatoms. The van der Waals surface area contributed by atoms with Crippen molar-refractivity contribution in [3.8, 4) is 0 Å². The third-order valence-electron chi connectivity index (χ3n) is 1.70. The highest BCUT2D eigenvalue weighted by Crippen LogP contribution is 1.83. The van der Waals surface area contributed by atoms with Crippen LogP contribution in [0.3, 0.4) is 0 Å². The number of amides is 1. The predicted octanol–water partition coefficient (Wildman–Crippen LogP) is -0.763. The van der Waals surface area contributed by atoms with Crippen molar-refractivity contribution in [1.82, 2.24) is 10.6 Å².